The van der Waals surface area contributed by atoms with Crippen molar-refractivity contribution in [3.63, 3.8) is 0 Å². The number of hydrogen-bond donors (Lipinski definition) is 0. The Labute approximate surface area is 92.6 Å². The van der Waals surface area contributed by atoms with Crippen LogP contribution in [0.5, 0.6) is 0 Å². The molecule has 3 saturated carbocycles. The van der Waals surface area contributed by atoms with Crippen molar-refractivity contribution < 1.29 is 4.74 Å². The van der Waals surface area contributed by atoms with Crippen LogP contribution in [-0.2, 0) is 4.74 Å². The highest BCUT2D eigenvalue weighted by Gasteiger charge is 2.67. The van der Waals surface area contributed by atoms with Gasteiger partial charge in [0.15, 0.2) is 0 Å². The summed E-state index contributed by atoms with van der Waals surface area (Å²) in [6.45, 7) is 5.99. The van der Waals surface area contributed by atoms with Gasteiger partial charge >= 0.3 is 0 Å². The highest BCUT2D eigenvalue weighted by Crippen LogP contribution is 2.71. The highest BCUT2D eigenvalue weighted by atomic mass is 16.5. The van der Waals surface area contributed by atoms with Crippen LogP contribution in [0.4, 0.5) is 0 Å². The largest absolute Gasteiger partial charge is 0.375 e. The lowest BCUT2D eigenvalue weighted by molar-refractivity contribution is -0.0702. The van der Waals surface area contributed by atoms with Gasteiger partial charge in [0.25, 0.3) is 0 Å². The van der Waals surface area contributed by atoms with Gasteiger partial charge < -0.3 is 4.74 Å². The minimum Gasteiger partial charge on any atom is -0.375 e. The van der Waals surface area contributed by atoms with Crippen LogP contribution in [0.15, 0.2) is 0 Å². The first-order valence-corrected chi connectivity index (χ1v) is 6.80. The van der Waals surface area contributed by atoms with Gasteiger partial charge in [-0.1, -0.05) is 6.92 Å². The second-order valence-corrected chi connectivity index (χ2v) is 6.92. The smallest absolute Gasteiger partial charge is 0.0686 e. The van der Waals surface area contributed by atoms with E-state index in [0.29, 0.717) is 0 Å². The average molecular weight is 206 g/mol. The Bertz CT molecular complexity index is 312. The maximum Gasteiger partial charge on any atom is 0.0686 e. The van der Waals surface area contributed by atoms with Crippen LogP contribution < -0.4 is 0 Å². The predicted molar refractivity (Wildman–Crippen MR) is 59.5 cm³/mol. The third-order valence-corrected chi connectivity index (χ3v) is 6.74. The van der Waals surface area contributed by atoms with Gasteiger partial charge in [-0.05, 0) is 68.1 Å². The van der Waals surface area contributed by atoms with E-state index in [1.807, 2.05) is 0 Å². The van der Waals surface area contributed by atoms with Gasteiger partial charge in [0, 0.05) is 0 Å². The zero-order chi connectivity index (χ0) is 10.3. The first kappa shape index (κ1) is 9.04. The Balaban J connectivity index is 1.81. The van der Waals surface area contributed by atoms with E-state index in [1.54, 1.807) is 0 Å². The van der Waals surface area contributed by atoms with E-state index in [1.165, 1.54) is 32.1 Å². The molecule has 6 unspecified atom stereocenters. The van der Waals surface area contributed by atoms with Crippen molar-refractivity contribution in [1.82, 2.24) is 0 Å². The lowest BCUT2D eigenvalue weighted by Gasteiger charge is -2.44. The maximum atomic E-state index is 6.13. The molecule has 0 radical (unpaired) electrons. The van der Waals surface area contributed by atoms with Crippen molar-refractivity contribution in [2.75, 3.05) is 6.61 Å². The first-order chi connectivity index (χ1) is 7.16. The van der Waals surface area contributed by atoms with Crippen LogP contribution in [-0.4, -0.2) is 12.2 Å². The van der Waals surface area contributed by atoms with E-state index >= 15 is 0 Å². The van der Waals surface area contributed by atoms with E-state index in [2.05, 4.69) is 13.8 Å². The number of hydrogen-bond acceptors (Lipinski definition) is 1. The van der Waals surface area contributed by atoms with Crippen molar-refractivity contribution in [3.05, 3.63) is 0 Å². The molecule has 2 bridgehead atoms. The van der Waals surface area contributed by atoms with Gasteiger partial charge in [0.05, 0.1) is 12.2 Å². The predicted octanol–water partition coefficient (Wildman–Crippen LogP) is 3.24. The summed E-state index contributed by atoms with van der Waals surface area (Å²) in [5.41, 5.74) is 1.04. The summed E-state index contributed by atoms with van der Waals surface area (Å²) >= 11 is 0. The molecule has 1 aliphatic heterocycles. The third kappa shape index (κ3) is 0.833. The van der Waals surface area contributed by atoms with Gasteiger partial charge in [-0.3, -0.25) is 0 Å². The first-order valence-electron chi connectivity index (χ1n) is 6.80. The summed E-state index contributed by atoms with van der Waals surface area (Å²) in [6, 6.07) is 0. The molecule has 0 aromatic carbocycles. The molecule has 1 heterocycles. The second-order valence-electron chi connectivity index (χ2n) is 6.92. The molecule has 1 nitrogen and oxygen atoms in total. The standard InChI is InChI=1S/C14H22O/c1-9-3-4-11-10-8-15-13(2)5-6-14(9,11)7-12(10)13/h9-12H,3-8H2,1-2H3. The Morgan fingerprint density at radius 1 is 1.13 bits per heavy atom. The fourth-order valence-corrected chi connectivity index (χ4v) is 5.77. The summed E-state index contributed by atoms with van der Waals surface area (Å²) in [5, 5.41) is 0. The van der Waals surface area contributed by atoms with E-state index < -0.39 is 0 Å². The quantitative estimate of drug-likeness (QED) is 0.591. The monoisotopic (exact) mass is 206 g/mol. The number of ether oxygens (including phenoxy) is 1. The molecule has 1 saturated heterocycles. The third-order valence-electron chi connectivity index (χ3n) is 6.74. The van der Waals surface area contributed by atoms with Gasteiger partial charge in [0.1, 0.15) is 0 Å². The van der Waals surface area contributed by atoms with Crippen LogP contribution >= 0.6 is 0 Å². The maximum absolute atomic E-state index is 6.13. The van der Waals surface area contributed by atoms with E-state index in [0.717, 1.165) is 35.7 Å². The molecule has 1 spiro atoms. The molecular weight excluding hydrogens is 184 g/mol. The number of rotatable bonds is 0. The van der Waals surface area contributed by atoms with Crippen LogP contribution in [0.25, 0.3) is 0 Å². The van der Waals surface area contributed by atoms with Crippen LogP contribution in [0.1, 0.15) is 46.0 Å². The summed E-state index contributed by atoms with van der Waals surface area (Å²) in [5.74, 6) is 3.88. The minimum absolute atomic E-state index is 0.278. The van der Waals surface area contributed by atoms with Gasteiger partial charge in [-0.2, -0.15) is 0 Å². The molecule has 15 heavy (non-hydrogen) atoms. The number of fused-ring (bicyclic) bond motifs is 1. The molecule has 0 amide bonds. The minimum atomic E-state index is 0.278. The SMILES string of the molecule is CC1CCC2C3COC4(C)CCC12CC34. The summed E-state index contributed by atoms with van der Waals surface area (Å²) in [4.78, 5) is 0. The van der Waals surface area contributed by atoms with Crippen molar-refractivity contribution in [3.8, 4) is 0 Å². The molecule has 0 aromatic heterocycles. The van der Waals surface area contributed by atoms with E-state index in [9.17, 15) is 0 Å². The molecule has 4 rings (SSSR count). The van der Waals surface area contributed by atoms with Crippen LogP contribution in [0, 0.1) is 29.1 Å². The van der Waals surface area contributed by atoms with Gasteiger partial charge in [-0.25, -0.2) is 0 Å². The Morgan fingerprint density at radius 3 is 2.87 bits per heavy atom. The van der Waals surface area contributed by atoms with Crippen molar-refractivity contribution in [2.45, 2.75) is 51.6 Å². The topological polar surface area (TPSA) is 9.23 Å². The highest BCUT2D eigenvalue weighted by molar-refractivity contribution is 5.16. The fourth-order valence-electron chi connectivity index (χ4n) is 5.77. The second kappa shape index (κ2) is 2.45. The summed E-state index contributed by atoms with van der Waals surface area (Å²) < 4.78 is 6.13. The summed E-state index contributed by atoms with van der Waals surface area (Å²) in [7, 11) is 0. The molecule has 4 fully saturated rings. The normalized spacial score (nSPS) is 66.0. The fraction of sp³-hybridized carbons (Fsp3) is 1.00. The van der Waals surface area contributed by atoms with Gasteiger partial charge in [0.2, 0.25) is 0 Å². The molecule has 6 atom stereocenters. The molecule has 0 N–H and O–H groups in total. The average Bonchev–Trinajstić information content (AvgIpc) is 2.77. The Hall–Kier alpha value is -0.0400. The Kier molecular flexibility index (Phi) is 1.47. The van der Waals surface area contributed by atoms with Crippen LogP contribution in [0.3, 0.4) is 0 Å². The molecular formula is C14H22O. The molecule has 4 aliphatic rings. The molecule has 1 heteroatoms. The lowest BCUT2D eigenvalue weighted by atomic mass is 9.64. The Morgan fingerprint density at radius 2 is 2.00 bits per heavy atom. The zero-order valence-corrected chi connectivity index (χ0v) is 9.96. The van der Waals surface area contributed by atoms with Crippen molar-refractivity contribution >= 4 is 0 Å². The zero-order valence-electron chi connectivity index (χ0n) is 9.96. The van der Waals surface area contributed by atoms with Crippen molar-refractivity contribution in [2.24, 2.45) is 29.1 Å². The van der Waals surface area contributed by atoms with E-state index in [4.69, 9.17) is 4.74 Å². The van der Waals surface area contributed by atoms with E-state index in [-0.39, 0.29) is 5.60 Å². The molecule has 3 aliphatic carbocycles. The lowest BCUT2D eigenvalue weighted by Crippen LogP contribution is -2.41. The van der Waals surface area contributed by atoms with Gasteiger partial charge in [-0.15, -0.1) is 0 Å². The van der Waals surface area contributed by atoms with Crippen molar-refractivity contribution in [1.29, 1.82) is 0 Å². The van der Waals surface area contributed by atoms with Crippen LogP contribution in [0.2, 0.25) is 0 Å². The summed E-state index contributed by atoms with van der Waals surface area (Å²) in [6.07, 6.45) is 7.30. The molecule has 84 valence electrons. The molecule has 0 aromatic rings.